The van der Waals surface area contributed by atoms with Crippen molar-refractivity contribution < 1.29 is 4.79 Å². The molecule has 5 nitrogen and oxygen atoms in total. The van der Waals surface area contributed by atoms with E-state index in [0.717, 1.165) is 36.1 Å². The van der Waals surface area contributed by atoms with Crippen molar-refractivity contribution in [2.45, 2.75) is 43.9 Å². The Hall–Kier alpha value is -2.08. The van der Waals surface area contributed by atoms with Crippen molar-refractivity contribution in [1.82, 2.24) is 14.9 Å². The summed E-state index contributed by atoms with van der Waals surface area (Å²) in [4.78, 5) is 29.6. The first-order valence-electron chi connectivity index (χ1n) is 8.11. The standard InChI is InChI=1S/C18H21N3O2S/c1-12(13-7-4-3-5-8-13)19-16(22)11-21-17(23)14-9-6-10-15(14)20-18(21)24-2/h3-5,7-8,12H,6,9-11H2,1-2H3,(H,19,22)/t12-/m0/s1. The van der Waals surface area contributed by atoms with Crippen LogP contribution in [0.5, 0.6) is 0 Å². The van der Waals surface area contributed by atoms with E-state index in [-0.39, 0.29) is 24.1 Å². The Kier molecular flexibility index (Phi) is 5.04. The van der Waals surface area contributed by atoms with Crippen molar-refractivity contribution in [2.24, 2.45) is 0 Å². The highest BCUT2D eigenvalue weighted by molar-refractivity contribution is 7.98. The number of hydrogen-bond acceptors (Lipinski definition) is 4. The molecule has 1 N–H and O–H groups in total. The molecule has 1 heterocycles. The van der Waals surface area contributed by atoms with E-state index in [0.29, 0.717) is 5.16 Å². The number of amides is 1. The monoisotopic (exact) mass is 343 g/mol. The Morgan fingerprint density at radius 1 is 1.33 bits per heavy atom. The molecule has 0 aliphatic heterocycles. The molecule has 24 heavy (non-hydrogen) atoms. The summed E-state index contributed by atoms with van der Waals surface area (Å²) in [5.41, 5.74) is 2.65. The maximum absolute atomic E-state index is 12.7. The molecule has 1 amide bonds. The fourth-order valence-corrected chi connectivity index (χ4v) is 3.63. The molecule has 0 fully saturated rings. The molecule has 2 aromatic rings. The van der Waals surface area contributed by atoms with Gasteiger partial charge in [-0.25, -0.2) is 4.98 Å². The topological polar surface area (TPSA) is 64.0 Å². The average Bonchev–Trinajstić information content (AvgIpc) is 3.06. The quantitative estimate of drug-likeness (QED) is 0.668. The van der Waals surface area contributed by atoms with Crippen molar-refractivity contribution in [3.63, 3.8) is 0 Å². The van der Waals surface area contributed by atoms with Crippen LogP contribution in [0.15, 0.2) is 40.3 Å². The summed E-state index contributed by atoms with van der Waals surface area (Å²) in [7, 11) is 0. The first-order chi connectivity index (χ1) is 11.6. The molecule has 1 aromatic heterocycles. The van der Waals surface area contributed by atoms with Gasteiger partial charge in [0.15, 0.2) is 5.16 Å². The minimum absolute atomic E-state index is 0.00641. The maximum Gasteiger partial charge on any atom is 0.258 e. The van der Waals surface area contributed by atoms with Crippen molar-refractivity contribution in [3.8, 4) is 0 Å². The highest BCUT2D eigenvalue weighted by Crippen LogP contribution is 2.20. The molecule has 0 saturated carbocycles. The van der Waals surface area contributed by atoms with Crippen molar-refractivity contribution >= 4 is 17.7 Å². The third-order valence-corrected chi connectivity index (χ3v) is 4.99. The summed E-state index contributed by atoms with van der Waals surface area (Å²) >= 11 is 1.40. The lowest BCUT2D eigenvalue weighted by Crippen LogP contribution is -2.36. The second kappa shape index (κ2) is 7.21. The maximum atomic E-state index is 12.7. The molecular formula is C18H21N3O2S. The number of rotatable bonds is 5. The van der Waals surface area contributed by atoms with Gasteiger partial charge in [-0.2, -0.15) is 0 Å². The van der Waals surface area contributed by atoms with Crippen LogP contribution in [0.2, 0.25) is 0 Å². The van der Waals surface area contributed by atoms with Gasteiger partial charge in [-0.3, -0.25) is 14.2 Å². The predicted molar refractivity (Wildman–Crippen MR) is 95.3 cm³/mol. The fraction of sp³-hybridized carbons (Fsp3) is 0.389. The van der Waals surface area contributed by atoms with E-state index < -0.39 is 0 Å². The first kappa shape index (κ1) is 16.8. The van der Waals surface area contributed by atoms with E-state index >= 15 is 0 Å². The number of carbonyl (C=O) groups excluding carboxylic acids is 1. The number of aromatic nitrogens is 2. The molecule has 126 valence electrons. The van der Waals surface area contributed by atoms with Gasteiger partial charge in [-0.1, -0.05) is 42.1 Å². The molecule has 0 spiro atoms. The fourth-order valence-electron chi connectivity index (χ4n) is 3.06. The summed E-state index contributed by atoms with van der Waals surface area (Å²) in [6, 6.07) is 9.67. The van der Waals surface area contributed by atoms with Gasteiger partial charge in [0.25, 0.3) is 5.56 Å². The molecule has 1 aromatic carbocycles. The van der Waals surface area contributed by atoms with Gasteiger partial charge in [0.2, 0.25) is 5.91 Å². The average molecular weight is 343 g/mol. The Morgan fingerprint density at radius 3 is 2.79 bits per heavy atom. The second-order valence-electron chi connectivity index (χ2n) is 5.97. The third-order valence-electron chi connectivity index (χ3n) is 4.31. The van der Waals surface area contributed by atoms with Crippen LogP contribution in [-0.2, 0) is 24.2 Å². The van der Waals surface area contributed by atoms with Crippen LogP contribution < -0.4 is 10.9 Å². The van der Waals surface area contributed by atoms with Crippen molar-refractivity contribution in [2.75, 3.05) is 6.26 Å². The molecule has 3 rings (SSSR count). The largest absolute Gasteiger partial charge is 0.348 e. The van der Waals surface area contributed by atoms with Gasteiger partial charge in [0, 0.05) is 5.56 Å². The van der Waals surface area contributed by atoms with Crippen LogP contribution in [0, 0.1) is 0 Å². The van der Waals surface area contributed by atoms with Gasteiger partial charge < -0.3 is 5.32 Å². The predicted octanol–water partition coefficient (Wildman–Crippen LogP) is 2.33. The zero-order chi connectivity index (χ0) is 17.1. The first-order valence-corrected chi connectivity index (χ1v) is 9.33. The Morgan fingerprint density at radius 2 is 2.08 bits per heavy atom. The van der Waals surface area contributed by atoms with E-state index in [1.807, 2.05) is 43.5 Å². The lowest BCUT2D eigenvalue weighted by molar-refractivity contribution is -0.122. The molecule has 0 bridgehead atoms. The Balaban J connectivity index is 1.78. The van der Waals surface area contributed by atoms with Crippen LogP contribution in [0.25, 0.3) is 0 Å². The Bertz CT molecular complexity index is 802. The zero-order valence-electron chi connectivity index (χ0n) is 13.9. The molecule has 6 heteroatoms. The van der Waals surface area contributed by atoms with Gasteiger partial charge in [-0.05, 0) is 38.0 Å². The van der Waals surface area contributed by atoms with Crippen LogP contribution in [0.4, 0.5) is 0 Å². The number of thioether (sulfide) groups is 1. The van der Waals surface area contributed by atoms with Gasteiger partial charge >= 0.3 is 0 Å². The molecule has 1 aliphatic rings. The summed E-state index contributed by atoms with van der Waals surface area (Å²) in [5.74, 6) is -0.177. The summed E-state index contributed by atoms with van der Waals surface area (Å²) in [6.07, 6.45) is 4.46. The SMILES string of the molecule is CSc1nc2c(c(=O)n1CC(=O)N[C@@H](C)c1ccccc1)CCC2. The van der Waals surface area contributed by atoms with E-state index in [1.54, 1.807) is 0 Å². The van der Waals surface area contributed by atoms with Gasteiger partial charge in [0.05, 0.1) is 11.7 Å². The van der Waals surface area contributed by atoms with Crippen molar-refractivity contribution in [3.05, 3.63) is 57.5 Å². The Labute approximate surface area is 145 Å². The summed E-state index contributed by atoms with van der Waals surface area (Å²) < 4.78 is 1.50. The molecule has 0 unspecified atom stereocenters. The number of benzene rings is 1. The van der Waals surface area contributed by atoms with Crippen molar-refractivity contribution in [1.29, 1.82) is 0 Å². The number of nitrogens with one attached hydrogen (secondary N) is 1. The zero-order valence-corrected chi connectivity index (χ0v) is 14.7. The normalized spacial score (nSPS) is 14.2. The highest BCUT2D eigenvalue weighted by Gasteiger charge is 2.22. The number of aryl methyl sites for hydroxylation is 1. The third kappa shape index (κ3) is 3.38. The number of carbonyl (C=O) groups is 1. The van der Waals surface area contributed by atoms with E-state index in [1.165, 1.54) is 16.3 Å². The molecular weight excluding hydrogens is 322 g/mol. The summed E-state index contributed by atoms with van der Waals surface area (Å²) in [5, 5.41) is 3.57. The number of fused-ring (bicyclic) bond motifs is 1. The number of nitrogens with zero attached hydrogens (tertiary/aromatic N) is 2. The van der Waals surface area contributed by atoms with E-state index in [2.05, 4.69) is 10.3 Å². The lowest BCUT2D eigenvalue weighted by atomic mass is 10.1. The molecule has 1 aliphatic carbocycles. The summed E-state index contributed by atoms with van der Waals surface area (Å²) in [6.45, 7) is 1.94. The highest BCUT2D eigenvalue weighted by atomic mass is 32.2. The van der Waals surface area contributed by atoms with Gasteiger partial charge in [-0.15, -0.1) is 0 Å². The van der Waals surface area contributed by atoms with E-state index in [9.17, 15) is 9.59 Å². The van der Waals surface area contributed by atoms with Crippen LogP contribution in [-0.4, -0.2) is 21.7 Å². The van der Waals surface area contributed by atoms with Crippen LogP contribution >= 0.6 is 11.8 Å². The smallest absolute Gasteiger partial charge is 0.258 e. The molecule has 1 atom stereocenters. The second-order valence-corrected chi connectivity index (χ2v) is 6.74. The van der Waals surface area contributed by atoms with Gasteiger partial charge in [0.1, 0.15) is 6.54 Å². The van der Waals surface area contributed by atoms with Crippen LogP contribution in [0.1, 0.15) is 36.2 Å². The minimum Gasteiger partial charge on any atom is -0.348 e. The van der Waals surface area contributed by atoms with E-state index in [4.69, 9.17) is 0 Å². The number of hydrogen-bond donors (Lipinski definition) is 1. The molecule has 0 saturated heterocycles. The van der Waals surface area contributed by atoms with Crippen LogP contribution in [0.3, 0.4) is 0 Å². The lowest BCUT2D eigenvalue weighted by Gasteiger charge is -2.16. The minimum atomic E-state index is -0.177. The molecule has 0 radical (unpaired) electrons.